The lowest BCUT2D eigenvalue weighted by atomic mass is 10.0. The van der Waals surface area contributed by atoms with Gasteiger partial charge in [-0.05, 0) is 50.4 Å². The molecule has 0 spiro atoms. The van der Waals surface area contributed by atoms with Crippen molar-refractivity contribution in [1.29, 1.82) is 0 Å². The molecule has 0 saturated carbocycles. The number of rotatable bonds is 6. The number of hydrogen-bond donors (Lipinski definition) is 3. The van der Waals surface area contributed by atoms with E-state index < -0.39 is 0 Å². The van der Waals surface area contributed by atoms with Crippen LogP contribution in [-0.4, -0.2) is 30.4 Å². The molecule has 0 aliphatic carbocycles. The molecule has 2 atom stereocenters. The summed E-state index contributed by atoms with van der Waals surface area (Å²) in [7, 11) is 0. The normalized spacial score (nSPS) is 18.2. The number of nitrogens with one attached hydrogen (secondary N) is 3. The minimum atomic E-state index is -0.0827. The highest BCUT2D eigenvalue weighted by atomic mass is 35.5. The van der Waals surface area contributed by atoms with E-state index in [0.29, 0.717) is 12.1 Å². The molecule has 1 saturated heterocycles. The maximum Gasteiger partial charge on any atom is 0.251 e. The lowest BCUT2D eigenvalue weighted by Crippen LogP contribution is -2.46. The molecule has 0 aromatic heterocycles. The zero-order valence-corrected chi connectivity index (χ0v) is 15.2. The van der Waals surface area contributed by atoms with Gasteiger partial charge in [-0.15, -0.1) is 12.4 Å². The smallest absolute Gasteiger partial charge is 0.251 e. The number of carbonyl (C=O) groups excluding carboxylic acids is 2. The first-order valence-corrected chi connectivity index (χ1v) is 8.51. The fourth-order valence-electron chi connectivity index (χ4n) is 2.62. The van der Waals surface area contributed by atoms with Crippen molar-refractivity contribution in [3.05, 3.63) is 35.4 Å². The second kappa shape index (κ2) is 10.3. The summed E-state index contributed by atoms with van der Waals surface area (Å²) in [6, 6.07) is 7.49. The van der Waals surface area contributed by atoms with E-state index >= 15 is 0 Å². The van der Waals surface area contributed by atoms with Crippen LogP contribution in [0, 0.1) is 0 Å². The van der Waals surface area contributed by atoms with Crippen LogP contribution < -0.4 is 16.0 Å². The van der Waals surface area contributed by atoms with E-state index in [1.54, 1.807) is 6.07 Å². The largest absolute Gasteiger partial charge is 0.351 e. The first kappa shape index (κ1) is 20.5. The monoisotopic (exact) mass is 353 g/mol. The van der Waals surface area contributed by atoms with Crippen LogP contribution in [0.2, 0.25) is 0 Å². The Bertz CT molecular complexity index is 545. The number of hydrogen-bond acceptors (Lipinski definition) is 3. The Hall–Kier alpha value is -1.59. The average Bonchev–Trinajstić information content (AvgIpc) is 2.60. The molecule has 3 N–H and O–H groups in total. The lowest BCUT2D eigenvalue weighted by molar-refractivity contribution is -0.123. The summed E-state index contributed by atoms with van der Waals surface area (Å²) in [5.41, 5.74) is 1.57. The molecule has 1 aromatic carbocycles. The zero-order chi connectivity index (χ0) is 16.7. The SMILES string of the molecule is CCC(C)NC(=O)c1cccc(CNC(=O)C2CCCCN2)c1.Cl. The third kappa shape index (κ3) is 6.13. The van der Waals surface area contributed by atoms with Crippen molar-refractivity contribution >= 4 is 24.2 Å². The van der Waals surface area contributed by atoms with Crippen molar-refractivity contribution in [2.75, 3.05) is 6.54 Å². The Balaban J connectivity index is 0.00000288. The third-order valence-electron chi connectivity index (χ3n) is 4.27. The van der Waals surface area contributed by atoms with Gasteiger partial charge < -0.3 is 16.0 Å². The Morgan fingerprint density at radius 3 is 2.79 bits per heavy atom. The van der Waals surface area contributed by atoms with Gasteiger partial charge in [-0.2, -0.15) is 0 Å². The molecule has 1 heterocycles. The Morgan fingerprint density at radius 2 is 2.12 bits per heavy atom. The lowest BCUT2D eigenvalue weighted by Gasteiger charge is -2.22. The Morgan fingerprint density at radius 1 is 1.33 bits per heavy atom. The first-order valence-electron chi connectivity index (χ1n) is 8.51. The van der Waals surface area contributed by atoms with Gasteiger partial charge in [0, 0.05) is 18.2 Å². The van der Waals surface area contributed by atoms with Crippen molar-refractivity contribution in [3.8, 4) is 0 Å². The van der Waals surface area contributed by atoms with Crippen molar-refractivity contribution < 1.29 is 9.59 Å². The molecule has 1 aromatic rings. The molecule has 5 nitrogen and oxygen atoms in total. The molecule has 6 heteroatoms. The molecule has 0 radical (unpaired) electrons. The Kier molecular flexibility index (Phi) is 8.79. The molecule has 2 rings (SSSR count). The van der Waals surface area contributed by atoms with Crippen LogP contribution in [0.1, 0.15) is 55.5 Å². The summed E-state index contributed by atoms with van der Waals surface area (Å²) in [5, 5.41) is 9.14. The van der Waals surface area contributed by atoms with Gasteiger partial charge in [0.15, 0.2) is 0 Å². The van der Waals surface area contributed by atoms with Gasteiger partial charge in [-0.1, -0.05) is 25.5 Å². The molecule has 1 aliphatic rings. The van der Waals surface area contributed by atoms with E-state index in [2.05, 4.69) is 16.0 Å². The molecule has 1 fully saturated rings. The minimum absolute atomic E-state index is 0. The summed E-state index contributed by atoms with van der Waals surface area (Å²) < 4.78 is 0. The second-order valence-corrected chi connectivity index (χ2v) is 6.20. The van der Waals surface area contributed by atoms with E-state index in [4.69, 9.17) is 0 Å². The minimum Gasteiger partial charge on any atom is -0.351 e. The van der Waals surface area contributed by atoms with Crippen LogP contribution in [0.15, 0.2) is 24.3 Å². The molecule has 1 aliphatic heterocycles. The fourth-order valence-corrected chi connectivity index (χ4v) is 2.62. The molecule has 24 heavy (non-hydrogen) atoms. The van der Waals surface area contributed by atoms with Crippen LogP contribution in [-0.2, 0) is 11.3 Å². The van der Waals surface area contributed by atoms with Crippen molar-refractivity contribution in [2.24, 2.45) is 0 Å². The number of carbonyl (C=O) groups is 2. The summed E-state index contributed by atoms with van der Waals surface area (Å²) >= 11 is 0. The average molecular weight is 354 g/mol. The van der Waals surface area contributed by atoms with E-state index in [0.717, 1.165) is 37.8 Å². The number of benzene rings is 1. The van der Waals surface area contributed by atoms with Crippen LogP contribution in [0.5, 0.6) is 0 Å². The van der Waals surface area contributed by atoms with Gasteiger partial charge in [0.25, 0.3) is 5.91 Å². The van der Waals surface area contributed by atoms with Crippen LogP contribution in [0.3, 0.4) is 0 Å². The van der Waals surface area contributed by atoms with Crippen molar-refractivity contribution in [2.45, 2.75) is 58.2 Å². The van der Waals surface area contributed by atoms with Gasteiger partial charge in [-0.3, -0.25) is 9.59 Å². The maximum absolute atomic E-state index is 12.1. The van der Waals surface area contributed by atoms with E-state index in [-0.39, 0.29) is 36.3 Å². The highest BCUT2D eigenvalue weighted by Gasteiger charge is 2.20. The second-order valence-electron chi connectivity index (χ2n) is 6.20. The topological polar surface area (TPSA) is 70.2 Å². The van der Waals surface area contributed by atoms with Gasteiger partial charge in [0.05, 0.1) is 6.04 Å². The van der Waals surface area contributed by atoms with Crippen LogP contribution in [0.25, 0.3) is 0 Å². The maximum atomic E-state index is 12.1. The van der Waals surface area contributed by atoms with E-state index in [9.17, 15) is 9.59 Å². The highest BCUT2D eigenvalue weighted by molar-refractivity contribution is 5.94. The summed E-state index contributed by atoms with van der Waals surface area (Å²) in [6.07, 6.45) is 4.02. The molecule has 0 bridgehead atoms. The summed E-state index contributed by atoms with van der Waals surface area (Å²) in [5.74, 6) is -0.0272. The van der Waals surface area contributed by atoms with Gasteiger partial charge in [0.1, 0.15) is 0 Å². The molecule has 2 unspecified atom stereocenters. The molecular formula is C18H28ClN3O2. The molecular weight excluding hydrogens is 326 g/mol. The van der Waals surface area contributed by atoms with Crippen LogP contribution >= 0.6 is 12.4 Å². The molecule has 134 valence electrons. The molecule has 2 amide bonds. The van der Waals surface area contributed by atoms with Gasteiger partial charge in [-0.25, -0.2) is 0 Å². The summed E-state index contributed by atoms with van der Waals surface area (Å²) in [6.45, 7) is 5.38. The fraction of sp³-hybridized carbons (Fsp3) is 0.556. The zero-order valence-electron chi connectivity index (χ0n) is 14.4. The predicted octanol–water partition coefficient (Wildman–Crippen LogP) is 2.40. The predicted molar refractivity (Wildman–Crippen MR) is 98.4 cm³/mol. The Labute approximate surface area is 150 Å². The third-order valence-corrected chi connectivity index (χ3v) is 4.27. The van der Waals surface area contributed by atoms with Crippen molar-refractivity contribution in [3.63, 3.8) is 0 Å². The number of halogens is 1. The van der Waals surface area contributed by atoms with Gasteiger partial charge >= 0.3 is 0 Å². The number of piperidine rings is 1. The van der Waals surface area contributed by atoms with E-state index in [1.165, 1.54) is 0 Å². The van der Waals surface area contributed by atoms with Crippen molar-refractivity contribution in [1.82, 2.24) is 16.0 Å². The quantitative estimate of drug-likeness (QED) is 0.735. The first-order chi connectivity index (χ1) is 11.1. The summed E-state index contributed by atoms with van der Waals surface area (Å²) in [4.78, 5) is 24.3. The standard InChI is InChI=1S/C18H27N3O2.ClH/c1-3-13(2)21-17(22)15-8-6-7-14(11-15)12-20-18(23)16-9-4-5-10-19-16;/h6-8,11,13,16,19H,3-5,9-10,12H2,1-2H3,(H,20,23)(H,21,22);1H. The van der Waals surface area contributed by atoms with E-state index in [1.807, 2.05) is 32.0 Å². The number of amides is 2. The van der Waals surface area contributed by atoms with Crippen LogP contribution in [0.4, 0.5) is 0 Å². The highest BCUT2D eigenvalue weighted by Crippen LogP contribution is 2.09. The van der Waals surface area contributed by atoms with Gasteiger partial charge in [0.2, 0.25) is 5.91 Å².